The molecule has 6 heteroatoms. The SMILES string of the molecule is COCCOc1ccc(C(=O)N(C)C2CC3CCC(C2)N3)cc1.Cl. The molecule has 0 spiro atoms. The highest BCUT2D eigenvalue weighted by atomic mass is 35.5. The minimum atomic E-state index is 0. The number of nitrogens with one attached hydrogen (secondary N) is 1. The number of methoxy groups -OCH3 is 1. The summed E-state index contributed by atoms with van der Waals surface area (Å²) in [4.78, 5) is 14.6. The Kier molecular flexibility index (Phi) is 6.90. The zero-order valence-corrected chi connectivity index (χ0v) is 15.2. The van der Waals surface area contributed by atoms with Crippen molar-refractivity contribution in [1.29, 1.82) is 0 Å². The molecule has 2 saturated heterocycles. The molecule has 0 saturated carbocycles. The van der Waals surface area contributed by atoms with Gasteiger partial charge in [-0.05, 0) is 49.9 Å². The Balaban J connectivity index is 0.00000208. The fourth-order valence-corrected chi connectivity index (χ4v) is 3.65. The molecule has 5 nitrogen and oxygen atoms in total. The zero-order valence-electron chi connectivity index (χ0n) is 14.4. The fraction of sp³-hybridized carbons (Fsp3) is 0.611. The van der Waals surface area contributed by atoms with Crippen LogP contribution in [-0.2, 0) is 4.74 Å². The van der Waals surface area contributed by atoms with Gasteiger partial charge < -0.3 is 19.7 Å². The van der Waals surface area contributed by atoms with E-state index in [2.05, 4.69) is 5.32 Å². The molecule has 2 heterocycles. The van der Waals surface area contributed by atoms with Gasteiger partial charge in [0.1, 0.15) is 12.4 Å². The van der Waals surface area contributed by atoms with Crippen LogP contribution in [0, 0.1) is 0 Å². The minimum Gasteiger partial charge on any atom is -0.491 e. The second kappa shape index (κ2) is 8.70. The number of amides is 1. The second-order valence-corrected chi connectivity index (χ2v) is 6.54. The average molecular weight is 355 g/mol. The highest BCUT2D eigenvalue weighted by molar-refractivity contribution is 5.94. The van der Waals surface area contributed by atoms with Crippen molar-refractivity contribution >= 4 is 18.3 Å². The quantitative estimate of drug-likeness (QED) is 0.797. The lowest BCUT2D eigenvalue weighted by atomic mass is 9.98. The highest BCUT2D eigenvalue weighted by Gasteiger charge is 2.36. The first-order chi connectivity index (χ1) is 11.2. The number of piperidine rings is 1. The summed E-state index contributed by atoms with van der Waals surface area (Å²) in [6, 6.07) is 8.91. The maximum atomic E-state index is 12.7. The Morgan fingerprint density at radius 1 is 1.17 bits per heavy atom. The van der Waals surface area contributed by atoms with Gasteiger partial charge in [-0.25, -0.2) is 0 Å². The van der Waals surface area contributed by atoms with Crippen molar-refractivity contribution in [3.05, 3.63) is 29.8 Å². The van der Waals surface area contributed by atoms with Crippen molar-refractivity contribution < 1.29 is 14.3 Å². The first kappa shape index (κ1) is 19.0. The van der Waals surface area contributed by atoms with Crippen LogP contribution < -0.4 is 10.1 Å². The van der Waals surface area contributed by atoms with Crippen LogP contribution in [0.4, 0.5) is 0 Å². The maximum absolute atomic E-state index is 12.7. The van der Waals surface area contributed by atoms with Crippen molar-refractivity contribution in [3.8, 4) is 5.75 Å². The van der Waals surface area contributed by atoms with Gasteiger partial charge in [-0.2, -0.15) is 0 Å². The summed E-state index contributed by atoms with van der Waals surface area (Å²) in [5, 5.41) is 3.62. The van der Waals surface area contributed by atoms with Crippen LogP contribution in [0.1, 0.15) is 36.0 Å². The number of benzene rings is 1. The van der Waals surface area contributed by atoms with Gasteiger partial charge in [0.2, 0.25) is 0 Å². The average Bonchev–Trinajstić information content (AvgIpc) is 2.92. The van der Waals surface area contributed by atoms with E-state index in [0.29, 0.717) is 31.3 Å². The molecule has 2 fully saturated rings. The molecule has 1 aromatic rings. The topological polar surface area (TPSA) is 50.8 Å². The number of hydrogen-bond acceptors (Lipinski definition) is 4. The zero-order chi connectivity index (χ0) is 16.2. The third-order valence-electron chi connectivity index (χ3n) is 4.97. The molecule has 24 heavy (non-hydrogen) atoms. The lowest BCUT2D eigenvalue weighted by Crippen LogP contribution is -2.48. The number of hydrogen-bond donors (Lipinski definition) is 1. The molecule has 2 atom stereocenters. The van der Waals surface area contributed by atoms with E-state index in [1.54, 1.807) is 7.11 Å². The van der Waals surface area contributed by atoms with Crippen LogP contribution in [0.3, 0.4) is 0 Å². The van der Waals surface area contributed by atoms with Gasteiger partial charge in [0.25, 0.3) is 5.91 Å². The first-order valence-electron chi connectivity index (χ1n) is 8.42. The summed E-state index contributed by atoms with van der Waals surface area (Å²) in [7, 11) is 3.58. The molecular weight excluding hydrogens is 328 g/mol. The molecule has 0 aromatic heterocycles. The van der Waals surface area contributed by atoms with Crippen molar-refractivity contribution in [2.75, 3.05) is 27.4 Å². The molecule has 2 aliphatic rings. The first-order valence-corrected chi connectivity index (χ1v) is 8.42. The van der Waals surface area contributed by atoms with Crippen LogP contribution in [0.5, 0.6) is 5.75 Å². The van der Waals surface area contributed by atoms with Crippen molar-refractivity contribution in [1.82, 2.24) is 10.2 Å². The predicted molar refractivity (Wildman–Crippen MR) is 96.1 cm³/mol. The smallest absolute Gasteiger partial charge is 0.253 e. The van der Waals surface area contributed by atoms with E-state index in [9.17, 15) is 4.79 Å². The van der Waals surface area contributed by atoms with Gasteiger partial charge >= 0.3 is 0 Å². The third kappa shape index (κ3) is 4.41. The largest absolute Gasteiger partial charge is 0.491 e. The third-order valence-corrected chi connectivity index (χ3v) is 4.97. The van der Waals surface area contributed by atoms with Crippen LogP contribution in [0.2, 0.25) is 0 Å². The van der Waals surface area contributed by atoms with E-state index in [-0.39, 0.29) is 18.3 Å². The monoisotopic (exact) mass is 354 g/mol. The van der Waals surface area contributed by atoms with Crippen LogP contribution in [0.15, 0.2) is 24.3 Å². The van der Waals surface area contributed by atoms with Gasteiger partial charge in [0.05, 0.1) is 6.61 Å². The maximum Gasteiger partial charge on any atom is 0.253 e. The summed E-state index contributed by atoms with van der Waals surface area (Å²) >= 11 is 0. The van der Waals surface area contributed by atoms with E-state index in [4.69, 9.17) is 9.47 Å². The summed E-state index contributed by atoms with van der Waals surface area (Å²) in [5.41, 5.74) is 0.720. The minimum absolute atomic E-state index is 0. The molecule has 134 valence electrons. The number of carbonyl (C=O) groups excluding carboxylic acids is 1. The van der Waals surface area contributed by atoms with Crippen LogP contribution in [-0.4, -0.2) is 56.3 Å². The molecule has 2 unspecified atom stereocenters. The standard InChI is InChI=1S/C18H26N2O3.ClH/c1-20(16-11-14-5-6-15(12-16)19-14)18(21)13-3-7-17(8-4-13)23-10-9-22-2;/h3-4,7-8,14-16,19H,5-6,9-12H2,1-2H3;1H. The van der Waals surface area contributed by atoms with Crippen molar-refractivity contribution in [2.24, 2.45) is 0 Å². The van der Waals surface area contributed by atoms with Crippen molar-refractivity contribution in [3.63, 3.8) is 0 Å². The summed E-state index contributed by atoms with van der Waals surface area (Å²) in [6.07, 6.45) is 4.63. The molecule has 2 bridgehead atoms. The van der Waals surface area contributed by atoms with Gasteiger partial charge in [0.15, 0.2) is 0 Å². The summed E-state index contributed by atoms with van der Waals surface area (Å²) in [5.74, 6) is 0.862. The lowest BCUT2D eigenvalue weighted by molar-refractivity contribution is 0.0681. The number of fused-ring (bicyclic) bond motifs is 2. The summed E-state index contributed by atoms with van der Waals surface area (Å²) in [6.45, 7) is 1.07. The molecule has 1 amide bonds. The van der Waals surface area contributed by atoms with Crippen LogP contribution in [0.25, 0.3) is 0 Å². The number of carbonyl (C=O) groups is 1. The number of nitrogens with zero attached hydrogens (tertiary/aromatic N) is 1. The Morgan fingerprint density at radius 2 is 1.79 bits per heavy atom. The Bertz CT molecular complexity index is 526. The van der Waals surface area contributed by atoms with Crippen molar-refractivity contribution in [2.45, 2.75) is 43.8 Å². The molecule has 1 N–H and O–H groups in total. The van der Waals surface area contributed by atoms with E-state index < -0.39 is 0 Å². The van der Waals surface area contributed by atoms with Gasteiger partial charge in [-0.15, -0.1) is 12.4 Å². The highest BCUT2D eigenvalue weighted by Crippen LogP contribution is 2.30. The molecule has 1 aromatic carbocycles. The van der Waals surface area contributed by atoms with Gasteiger partial charge in [-0.1, -0.05) is 0 Å². The normalized spacial score (nSPS) is 25.0. The molecule has 0 aliphatic carbocycles. The van der Waals surface area contributed by atoms with E-state index in [0.717, 1.165) is 24.2 Å². The van der Waals surface area contributed by atoms with Gasteiger partial charge in [-0.3, -0.25) is 4.79 Å². The van der Waals surface area contributed by atoms with E-state index in [1.807, 2.05) is 36.2 Å². The molecule has 0 radical (unpaired) electrons. The summed E-state index contributed by atoms with van der Waals surface area (Å²) < 4.78 is 10.5. The van der Waals surface area contributed by atoms with Crippen LogP contribution >= 0.6 is 12.4 Å². The molecule has 3 rings (SSSR count). The molecule has 2 aliphatic heterocycles. The number of ether oxygens (including phenoxy) is 2. The Hall–Kier alpha value is -1.30. The molecular formula is C18H27ClN2O3. The van der Waals surface area contributed by atoms with E-state index >= 15 is 0 Å². The Morgan fingerprint density at radius 3 is 2.38 bits per heavy atom. The lowest BCUT2D eigenvalue weighted by Gasteiger charge is -2.35. The van der Waals surface area contributed by atoms with Gasteiger partial charge in [0, 0.05) is 37.8 Å². The number of rotatable bonds is 6. The predicted octanol–water partition coefficient (Wildman–Crippen LogP) is 2.49. The van der Waals surface area contributed by atoms with E-state index in [1.165, 1.54) is 12.8 Å². The second-order valence-electron chi connectivity index (χ2n) is 6.54. The number of halogens is 1. The Labute approximate surface area is 150 Å². The fourth-order valence-electron chi connectivity index (χ4n) is 3.65.